The summed E-state index contributed by atoms with van der Waals surface area (Å²) < 4.78 is 1.26. The standard InChI is InChI=1S/C15H15ClN4O2/c16-13-12(19-7-6-10(9-19)14(17)21)8-18-20(15(13)22)11-4-2-1-3-5-11/h1-5,8,10H,6-7,9H2,(H2,17,21). The molecule has 1 aliphatic rings. The molecule has 1 aromatic carbocycles. The molecule has 0 aliphatic carbocycles. The van der Waals surface area contributed by atoms with E-state index >= 15 is 0 Å². The lowest BCUT2D eigenvalue weighted by molar-refractivity contribution is -0.121. The molecule has 6 nitrogen and oxygen atoms in total. The molecule has 1 atom stereocenters. The van der Waals surface area contributed by atoms with Crippen LogP contribution < -0.4 is 16.2 Å². The number of rotatable bonds is 3. The van der Waals surface area contributed by atoms with Gasteiger partial charge >= 0.3 is 0 Å². The number of nitrogens with two attached hydrogens (primary N) is 1. The van der Waals surface area contributed by atoms with Gasteiger partial charge in [0.2, 0.25) is 5.91 Å². The number of para-hydroxylation sites is 1. The van der Waals surface area contributed by atoms with Crippen molar-refractivity contribution >= 4 is 23.2 Å². The van der Waals surface area contributed by atoms with Crippen LogP contribution >= 0.6 is 11.6 Å². The lowest BCUT2D eigenvalue weighted by Gasteiger charge is -2.19. The van der Waals surface area contributed by atoms with Crippen LogP contribution in [0.2, 0.25) is 5.02 Å². The summed E-state index contributed by atoms with van der Waals surface area (Å²) in [6, 6.07) is 9.07. The molecule has 2 aromatic rings. The van der Waals surface area contributed by atoms with Crippen LogP contribution in [0.25, 0.3) is 5.69 Å². The van der Waals surface area contributed by atoms with E-state index in [1.54, 1.807) is 18.3 Å². The summed E-state index contributed by atoms with van der Waals surface area (Å²) >= 11 is 6.22. The maximum absolute atomic E-state index is 12.4. The zero-order chi connectivity index (χ0) is 15.7. The lowest BCUT2D eigenvalue weighted by atomic mass is 10.1. The summed E-state index contributed by atoms with van der Waals surface area (Å²) in [5.41, 5.74) is 6.14. The summed E-state index contributed by atoms with van der Waals surface area (Å²) in [5.74, 6) is -0.545. The Balaban J connectivity index is 1.95. The fraction of sp³-hybridized carbons (Fsp3) is 0.267. The van der Waals surface area contributed by atoms with Gasteiger partial charge in [-0.05, 0) is 18.6 Å². The van der Waals surface area contributed by atoms with Crippen molar-refractivity contribution in [3.05, 3.63) is 51.9 Å². The average Bonchev–Trinajstić information content (AvgIpc) is 3.01. The Bertz CT molecular complexity index is 760. The molecule has 1 aromatic heterocycles. The summed E-state index contributed by atoms with van der Waals surface area (Å²) in [6.45, 7) is 1.09. The van der Waals surface area contributed by atoms with Gasteiger partial charge in [0.1, 0.15) is 5.02 Å². The van der Waals surface area contributed by atoms with Crippen molar-refractivity contribution in [2.24, 2.45) is 11.7 Å². The van der Waals surface area contributed by atoms with Gasteiger partial charge in [0.05, 0.1) is 23.5 Å². The lowest BCUT2D eigenvalue weighted by Crippen LogP contribution is -2.30. The van der Waals surface area contributed by atoms with E-state index in [1.165, 1.54) is 4.68 Å². The molecule has 2 N–H and O–H groups in total. The van der Waals surface area contributed by atoms with E-state index in [0.29, 0.717) is 30.9 Å². The zero-order valence-corrected chi connectivity index (χ0v) is 12.5. The predicted molar refractivity (Wildman–Crippen MR) is 84.4 cm³/mol. The van der Waals surface area contributed by atoms with Crippen LogP contribution in [0.5, 0.6) is 0 Å². The minimum Gasteiger partial charge on any atom is -0.369 e. The van der Waals surface area contributed by atoms with Crippen molar-refractivity contribution in [1.82, 2.24) is 9.78 Å². The van der Waals surface area contributed by atoms with Crippen LogP contribution in [0, 0.1) is 5.92 Å². The maximum atomic E-state index is 12.4. The largest absolute Gasteiger partial charge is 0.369 e. The number of halogens is 1. The van der Waals surface area contributed by atoms with Gasteiger partial charge in [-0.25, -0.2) is 0 Å². The van der Waals surface area contributed by atoms with Gasteiger partial charge in [0, 0.05) is 13.1 Å². The normalized spacial score (nSPS) is 17.7. The van der Waals surface area contributed by atoms with Crippen LogP contribution in [0.1, 0.15) is 6.42 Å². The van der Waals surface area contributed by atoms with Crippen LogP contribution in [-0.4, -0.2) is 28.8 Å². The first-order valence-electron chi connectivity index (χ1n) is 6.95. The molecular weight excluding hydrogens is 304 g/mol. The third kappa shape index (κ3) is 2.57. The van der Waals surface area contributed by atoms with E-state index in [1.807, 2.05) is 23.1 Å². The molecule has 1 saturated heterocycles. The van der Waals surface area contributed by atoms with E-state index in [4.69, 9.17) is 17.3 Å². The summed E-state index contributed by atoms with van der Waals surface area (Å²) in [4.78, 5) is 25.5. The number of amides is 1. The Morgan fingerprint density at radius 1 is 1.32 bits per heavy atom. The monoisotopic (exact) mass is 318 g/mol. The van der Waals surface area contributed by atoms with Gasteiger partial charge in [0.25, 0.3) is 5.56 Å². The molecule has 114 valence electrons. The first-order chi connectivity index (χ1) is 10.6. The van der Waals surface area contributed by atoms with Crippen molar-refractivity contribution in [3.63, 3.8) is 0 Å². The summed E-state index contributed by atoms with van der Waals surface area (Å²) in [7, 11) is 0. The minimum atomic E-state index is -0.382. The molecule has 1 aliphatic heterocycles. The smallest absolute Gasteiger partial charge is 0.292 e. The Hall–Kier alpha value is -2.34. The molecule has 0 bridgehead atoms. The van der Waals surface area contributed by atoms with Gasteiger partial charge < -0.3 is 10.6 Å². The number of carbonyl (C=O) groups excluding carboxylic acids is 1. The van der Waals surface area contributed by atoms with Crippen molar-refractivity contribution in [1.29, 1.82) is 0 Å². The molecule has 0 radical (unpaired) electrons. The van der Waals surface area contributed by atoms with E-state index in [2.05, 4.69) is 5.10 Å². The molecule has 1 unspecified atom stereocenters. The van der Waals surface area contributed by atoms with E-state index in [0.717, 1.165) is 0 Å². The fourth-order valence-corrected chi connectivity index (χ4v) is 2.86. The number of anilines is 1. The third-order valence-corrected chi connectivity index (χ3v) is 4.19. The van der Waals surface area contributed by atoms with Crippen LogP contribution in [0.3, 0.4) is 0 Å². The second kappa shape index (κ2) is 5.81. The SMILES string of the molecule is NC(=O)C1CCN(c2cnn(-c3ccccc3)c(=O)c2Cl)C1. The number of hydrogen-bond acceptors (Lipinski definition) is 4. The number of carbonyl (C=O) groups is 1. The maximum Gasteiger partial charge on any atom is 0.292 e. The number of primary amides is 1. The predicted octanol–water partition coefficient (Wildman–Crippen LogP) is 1.20. The van der Waals surface area contributed by atoms with Crippen molar-refractivity contribution < 1.29 is 4.79 Å². The first-order valence-corrected chi connectivity index (χ1v) is 7.33. The minimum absolute atomic E-state index is 0.101. The molecule has 1 amide bonds. The highest BCUT2D eigenvalue weighted by molar-refractivity contribution is 6.33. The van der Waals surface area contributed by atoms with Crippen LogP contribution in [0.4, 0.5) is 5.69 Å². The first kappa shape index (κ1) is 14.6. The molecule has 2 heterocycles. The molecule has 7 heteroatoms. The Morgan fingerprint density at radius 2 is 2.05 bits per heavy atom. The second-order valence-corrected chi connectivity index (χ2v) is 5.61. The second-order valence-electron chi connectivity index (χ2n) is 5.23. The summed E-state index contributed by atoms with van der Waals surface area (Å²) in [5, 5.41) is 4.29. The van der Waals surface area contributed by atoms with Gasteiger partial charge in [-0.2, -0.15) is 9.78 Å². The molecule has 0 spiro atoms. The highest BCUT2D eigenvalue weighted by atomic mass is 35.5. The van der Waals surface area contributed by atoms with Gasteiger partial charge in [-0.1, -0.05) is 29.8 Å². The van der Waals surface area contributed by atoms with Gasteiger partial charge in [-0.15, -0.1) is 0 Å². The van der Waals surface area contributed by atoms with Crippen LogP contribution in [0.15, 0.2) is 41.3 Å². The van der Waals surface area contributed by atoms with Crippen molar-refractivity contribution in [2.75, 3.05) is 18.0 Å². The molecule has 3 rings (SSSR count). The zero-order valence-electron chi connectivity index (χ0n) is 11.8. The Kier molecular flexibility index (Phi) is 3.85. The summed E-state index contributed by atoms with van der Waals surface area (Å²) in [6.07, 6.45) is 2.22. The molecule has 1 fully saturated rings. The quantitative estimate of drug-likeness (QED) is 0.922. The highest BCUT2D eigenvalue weighted by Gasteiger charge is 2.28. The average molecular weight is 319 g/mol. The van der Waals surface area contributed by atoms with Crippen molar-refractivity contribution in [3.8, 4) is 5.69 Å². The van der Waals surface area contributed by atoms with Crippen molar-refractivity contribution in [2.45, 2.75) is 6.42 Å². The Morgan fingerprint density at radius 3 is 2.68 bits per heavy atom. The topological polar surface area (TPSA) is 81.2 Å². The van der Waals surface area contributed by atoms with E-state index in [9.17, 15) is 9.59 Å². The third-order valence-electron chi connectivity index (χ3n) is 3.83. The molecule has 22 heavy (non-hydrogen) atoms. The van der Waals surface area contributed by atoms with E-state index < -0.39 is 0 Å². The van der Waals surface area contributed by atoms with E-state index in [-0.39, 0.29) is 22.4 Å². The fourth-order valence-electron chi connectivity index (χ4n) is 2.61. The molecule has 0 saturated carbocycles. The number of nitrogens with zero attached hydrogens (tertiary/aromatic N) is 3. The van der Waals surface area contributed by atoms with Gasteiger partial charge in [-0.3, -0.25) is 9.59 Å². The Labute approximate surface area is 132 Å². The number of hydrogen-bond donors (Lipinski definition) is 1. The number of aromatic nitrogens is 2. The molecular formula is C15H15ClN4O2. The van der Waals surface area contributed by atoms with Gasteiger partial charge in [0.15, 0.2) is 0 Å². The highest BCUT2D eigenvalue weighted by Crippen LogP contribution is 2.27. The number of benzene rings is 1. The van der Waals surface area contributed by atoms with Crippen LogP contribution in [-0.2, 0) is 4.79 Å².